The Labute approximate surface area is 94.0 Å². The third-order valence-corrected chi connectivity index (χ3v) is 2.79. The molecule has 1 heterocycles. The molecular weight excluding hydrogens is 262 g/mol. The van der Waals surface area contributed by atoms with Crippen LogP contribution >= 0.6 is 15.9 Å². The zero-order valence-electron chi connectivity index (χ0n) is 7.98. The van der Waals surface area contributed by atoms with E-state index in [9.17, 15) is 10.1 Å². The molecule has 0 unspecified atom stereocenters. The molecule has 2 rings (SSSR count). The Balaban J connectivity index is 2.72. The highest BCUT2D eigenvalue weighted by Gasteiger charge is 2.12. The molecule has 0 bridgehead atoms. The normalized spacial score (nSPS) is 10.8. The zero-order chi connectivity index (χ0) is 11.0. The highest BCUT2D eigenvalue weighted by molar-refractivity contribution is 9.10. The van der Waals surface area contributed by atoms with Gasteiger partial charge in [0, 0.05) is 24.1 Å². The van der Waals surface area contributed by atoms with Crippen LogP contribution in [-0.4, -0.2) is 14.7 Å². The summed E-state index contributed by atoms with van der Waals surface area (Å²) in [7, 11) is 0. The van der Waals surface area contributed by atoms with Crippen molar-refractivity contribution in [3.8, 4) is 0 Å². The monoisotopic (exact) mass is 269 g/mol. The Morgan fingerprint density at radius 2 is 2.33 bits per heavy atom. The molecule has 0 N–H and O–H groups in total. The summed E-state index contributed by atoms with van der Waals surface area (Å²) in [5, 5.41) is 15.6. The molecule has 0 radical (unpaired) electrons. The van der Waals surface area contributed by atoms with Crippen LogP contribution in [0.3, 0.4) is 0 Å². The topological polar surface area (TPSA) is 61.0 Å². The Morgan fingerprint density at radius 3 is 2.93 bits per heavy atom. The molecule has 0 aliphatic heterocycles. The fourth-order valence-electron chi connectivity index (χ4n) is 1.48. The van der Waals surface area contributed by atoms with Crippen molar-refractivity contribution in [1.82, 2.24) is 9.78 Å². The van der Waals surface area contributed by atoms with Crippen molar-refractivity contribution in [2.45, 2.75) is 13.5 Å². The van der Waals surface area contributed by atoms with Crippen LogP contribution in [0.1, 0.15) is 6.92 Å². The van der Waals surface area contributed by atoms with E-state index in [-0.39, 0.29) is 5.69 Å². The number of aryl methyl sites for hydroxylation is 1. The van der Waals surface area contributed by atoms with E-state index in [0.717, 1.165) is 17.4 Å². The molecule has 0 fully saturated rings. The third kappa shape index (κ3) is 1.61. The molecule has 1 aromatic heterocycles. The van der Waals surface area contributed by atoms with Crippen molar-refractivity contribution in [3.63, 3.8) is 0 Å². The summed E-state index contributed by atoms with van der Waals surface area (Å²) in [6.07, 6.45) is 0. The van der Waals surface area contributed by atoms with Gasteiger partial charge in [-0.05, 0) is 28.9 Å². The summed E-state index contributed by atoms with van der Waals surface area (Å²) < 4.78 is 2.44. The number of nitrogens with zero attached hydrogens (tertiary/aromatic N) is 3. The molecule has 0 aliphatic carbocycles. The number of non-ortho nitro benzene ring substituents is 1. The highest BCUT2D eigenvalue weighted by Crippen LogP contribution is 2.27. The van der Waals surface area contributed by atoms with E-state index < -0.39 is 4.92 Å². The van der Waals surface area contributed by atoms with Gasteiger partial charge in [0.15, 0.2) is 0 Å². The summed E-state index contributed by atoms with van der Waals surface area (Å²) in [5.41, 5.74) is 0.980. The lowest BCUT2D eigenvalue weighted by atomic mass is 10.2. The van der Waals surface area contributed by atoms with E-state index in [2.05, 4.69) is 21.0 Å². The minimum Gasteiger partial charge on any atom is -0.264 e. The maximum absolute atomic E-state index is 10.6. The van der Waals surface area contributed by atoms with Crippen LogP contribution in [0.5, 0.6) is 0 Å². The number of halogens is 1. The van der Waals surface area contributed by atoms with Crippen molar-refractivity contribution in [2.24, 2.45) is 0 Å². The lowest BCUT2D eigenvalue weighted by Gasteiger charge is -1.96. The molecule has 0 amide bonds. The van der Waals surface area contributed by atoms with Gasteiger partial charge in [0.25, 0.3) is 5.69 Å². The van der Waals surface area contributed by atoms with Gasteiger partial charge < -0.3 is 0 Å². The second-order valence-electron chi connectivity index (χ2n) is 3.07. The first-order chi connectivity index (χ1) is 7.13. The van der Waals surface area contributed by atoms with Crippen LogP contribution in [0.15, 0.2) is 22.8 Å². The highest BCUT2D eigenvalue weighted by atomic mass is 79.9. The summed E-state index contributed by atoms with van der Waals surface area (Å²) in [6, 6.07) is 4.73. The van der Waals surface area contributed by atoms with E-state index in [4.69, 9.17) is 0 Å². The average molecular weight is 270 g/mol. The minimum atomic E-state index is -0.408. The molecule has 15 heavy (non-hydrogen) atoms. The lowest BCUT2D eigenvalue weighted by molar-refractivity contribution is -0.384. The van der Waals surface area contributed by atoms with E-state index in [0.29, 0.717) is 4.60 Å². The van der Waals surface area contributed by atoms with Gasteiger partial charge in [0.1, 0.15) is 4.60 Å². The molecule has 6 heteroatoms. The quantitative estimate of drug-likeness (QED) is 0.622. The second kappa shape index (κ2) is 3.62. The van der Waals surface area contributed by atoms with E-state index in [1.54, 1.807) is 10.7 Å². The van der Waals surface area contributed by atoms with Crippen LogP contribution in [-0.2, 0) is 6.54 Å². The largest absolute Gasteiger partial charge is 0.270 e. The van der Waals surface area contributed by atoms with Gasteiger partial charge in [0.2, 0.25) is 0 Å². The van der Waals surface area contributed by atoms with Crippen LogP contribution < -0.4 is 0 Å². The van der Waals surface area contributed by atoms with Crippen molar-refractivity contribution in [3.05, 3.63) is 32.9 Å². The molecule has 0 atom stereocenters. The number of aromatic nitrogens is 2. The first kappa shape index (κ1) is 10.1. The average Bonchev–Trinajstić information content (AvgIpc) is 2.55. The molecule has 0 saturated heterocycles. The molecule has 5 nitrogen and oxygen atoms in total. The molecule has 0 spiro atoms. The Morgan fingerprint density at radius 1 is 1.60 bits per heavy atom. The Kier molecular flexibility index (Phi) is 2.44. The fraction of sp³-hybridized carbons (Fsp3) is 0.222. The Bertz CT molecular complexity index is 535. The predicted octanol–water partition coefficient (Wildman–Crippen LogP) is 2.73. The van der Waals surface area contributed by atoms with Crippen LogP contribution in [0.4, 0.5) is 5.69 Å². The standard InChI is InChI=1S/C9H8BrN3O2/c1-2-12-8-4-3-6(13(14)15)5-7(8)9(10)11-12/h3-5H,2H2,1H3. The van der Waals surface area contributed by atoms with Crippen LogP contribution in [0.25, 0.3) is 10.9 Å². The summed E-state index contributed by atoms with van der Waals surface area (Å²) in [4.78, 5) is 10.2. The number of hydrogen-bond donors (Lipinski definition) is 0. The van der Waals surface area contributed by atoms with Gasteiger partial charge in [-0.15, -0.1) is 0 Å². The number of nitro groups is 1. The van der Waals surface area contributed by atoms with Crippen molar-refractivity contribution < 1.29 is 4.92 Å². The van der Waals surface area contributed by atoms with Gasteiger partial charge in [0.05, 0.1) is 10.4 Å². The number of benzene rings is 1. The minimum absolute atomic E-state index is 0.0823. The van der Waals surface area contributed by atoms with E-state index in [1.165, 1.54) is 12.1 Å². The number of rotatable bonds is 2. The number of fused-ring (bicyclic) bond motifs is 1. The SMILES string of the molecule is CCn1nc(Br)c2cc([N+](=O)[O-])ccc21. The smallest absolute Gasteiger partial charge is 0.264 e. The first-order valence-electron chi connectivity index (χ1n) is 4.44. The van der Waals surface area contributed by atoms with Gasteiger partial charge in [-0.1, -0.05) is 0 Å². The van der Waals surface area contributed by atoms with E-state index >= 15 is 0 Å². The Hall–Kier alpha value is -1.43. The fourth-order valence-corrected chi connectivity index (χ4v) is 1.99. The molecule has 78 valence electrons. The predicted molar refractivity (Wildman–Crippen MR) is 59.8 cm³/mol. The number of nitro benzene ring substituents is 1. The van der Waals surface area contributed by atoms with Crippen LogP contribution in [0, 0.1) is 10.1 Å². The first-order valence-corrected chi connectivity index (χ1v) is 5.23. The number of hydrogen-bond acceptors (Lipinski definition) is 3. The summed E-state index contributed by atoms with van der Waals surface area (Å²) >= 11 is 3.29. The van der Waals surface area contributed by atoms with Crippen molar-refractivity contribution >= 4 is 32.5 Å². The van der Waals surface area contributed by atoms with Crippen molar-refractivity contribution in [2.75, 3.05) is 0 Å². The van der Waals surface area contributed by atoms with Crippen LogP contribution in [0.2, 0.25) is 0 Å². The van der Waals surface area contributed by atoms with Gasteiger partial charge in [-0.2, -0.15) is 5.10 Å². The van der Waals surface area contributed by atoms with E-state index in [1.807, 2.05) is 6.92 Å². The maximum Gasteiger partial charge on any atom is 0.270 e. The van der Waals surface area contributed by atoms with Crippen molar-refractivity contribution in [1.29, 1.82) is 0 Å². The molecule has 0 saturated carbocycles. The van der Waals surface area contributed by atoms with Gasteiger partial charge in [-0.3, -0.25) is 14.8 Å². The lowest BCUT2D eigenvalue weighted by Crippen LogP contribution is -1.95. The third-order valence-electron chi connectivity index (χ3n) is 2.20. The maximum atomic E-state index is 10.6. The zero-order valence-corrected chi connectivity index (χ0v) is 9.56. The molecule has 0 aliphatic rings. The second-order valence-corrected chi connectivity index (χ2v) is 3.82. The summed E-state index contributed by atoms with van der Waals surface area (Å²) in [6.45, 7) is 2.71. The van der Waals surface area contributed by atoms with Gasteiger partial charge in [-0.25, -0.2) is 0 Å². The summed E-state index contributed by atoms with van der Waals surface area (Å²) in [5.74, 6) is 0. The van der Waals surface area contributed by atoms with Gasteiger partial charge >= 0.3 is 0 Å². The molecular formula is C9H8BrN3O2. The molecule has 1 aromatic carbocycles. The molecule has 2 aromatic rings.